The van der Waals surface area contributed by atoms with Crippen molar-refractivity contribution in [3.8, 4) is 11.5 Å². The fraction of sp³-hybridized carbons (Fsp3) is 0.167. The van der Waals surface area contributed by atoms with Gasteiger partial charge in [-0.3, -0.25) is 5.32 Å². The molecule has 0 bridgehead atoms. The maximum absolute atomic E-state index is 13.9. The summed E-state index contributed by atoms with van der Waals surface area (Å²) in [5.74, 6) is -11.9. The van der Waals surface area contributed by atoms with Gasteiger partial charge in [0.25, 0.3) is 0 Å². The third kappa shape index (κ3) is 4.25. The third-order valence-electron chi connectivity index (χ3n) is 5.58. The number of nitrogens with one attached hydrogen (secondary N) is 1. The van der Waals surface area contributed by atoms with Crippen molar-refractivity contribution in [3.63, 3.8) is 0 Å². The number of amides is 1. The molecule has 3 aromatic rings. The molecule has 5 rings (SSSR count). The molecule has 1 saturated heterocycles. The number of hydrogen-bond acceptors (Lipinski definition) is 5. The lowest BCUT2D eigenvalue weighted by Gasteiger charge is -2.26. The highest BCUT2D eigenvalue weighted by Gasteiger charge is 2.35. The number of hydrogen-bond donors (Lipinski definition) is 1. The van der Waals surface area contributed by atoms with Crippen LogP contribution in [0.2, 0.25) is 0 Å². The second kappa shape index (κ2) is 8.90. The Labute approximate surface area is 195 Å². The van der Waals surface area contributed by atoms with Gasteiger partial charge in [0.15, 0.2) is 6.10 Å². The molecule has 3 aromatic carbocycles. The standard InChI is InChI=1S/C24H16F5N3O3/c25-17-18(26)20(28)22(21(29)19(17)27)34-14-6-3-5-13(10-14)30-24(33)35-16-8-9-32-11-12-4-1-2-7-15(12)31-23(16)32/h1-7,10,16H,8-9,11H2,(H,30,33)/t16-/m0/s1. The monoisotopic (exact) mass is 489 g/mol. The lowest BCUT2D eigenvalue weighted by atomic mass is 10.1. The third-order valence-corrected chi connectivity index (χ3v) is 5.58. The van der Waals surface area contributed by atoms with Crippen LogP contribution in [0.25, 0.3) is 0 Å². The predicted molar refractivity (Wildman–Crippen MR) is 115 cm³/mol. The summed E-state index contributed by atoms with van der Waals surface area (Å²) in [6.07, 6.45) is -0.841. The molecule has 2 aliphatic heterocycles. The van der Waals surface area contributed by atoms with Crippen molar-refractivity contribution >= 4 is 23.3 Å². The second-order valence-electron chi connectivity index (χ2n) is 7.86. The largest absolute Gasteiger partial charge is 0.451 e. The molecule has 0 unspecified atom stereocenters. The van der Waals surface area contributed by atoms with Crippen LogP contribution in [0.4, 0.5) is 38.1 Å². The molecule has 2 aliphatic rings. The van der Waals surface area contributed by atoms with Gasteiger partial charge < -0.3 is 14.4 Å². The Bertz CT molecular complexity index is 1340. The minimum atomic E-state index is -2.29. The molecule has 180 valence electrons. The summed E-state index contributed by atoms with van der Waals surface area (Å²) in [5.41, 5.74) is 2.00. The first-order chi connectivity index (χ1) is 16.8. The first-order valence-corrected chi connectivity index (χ1v) is 10.5. The van der Waals surface area contributed by atoms with Crippen LogP contribution in [0.3, 0.4) is 0 Å². The van der Waals surface area contributed by atoms with Gasteiger partial charge in [0, 0.05) is 31.3 Å². The number of fused-ring (bicyclic) bond motifs is 2. The molecule has 0 radical (unpaired) electrons. The Morgan fingerprint density at radius 2 is 1.66 bits per heavy atom. The number of carbonyl (C=O) groups is 1. The Morgan fingerprint density at radius 3 is 2.43 bits per heavy atom. The zero-order valence-electron chi connectivity index (χ0n) is 17.8. The SMILES string of the molecule is O=C(Nc1cccc(Oc2c(F)c(F)c(F)c(F)c2F)c1)O[C@H]1CCN2Cc3ccccc3N=C12. The number of para-hydroxylation sites is 1. The highest BCUT2D eigenvalue weighted by atomic mass is 19.2. The van der Waals surface area contributed by atoms with Crippen molar-refractivity contribution in [2.75, 3.05) is 11.9 Å². The summed E-state index contributed by atoms with van der Waals surface area (Å²) < 4.78 is 78.3. The fourth-order valence-corrected chi connectivity index (χ4v) is 3.92. The van der Waals surface area contributed by atoms with Gasteiger partial charge in [-0.2, -0.15) is 8.78 Å². The molecular formula is C24H16F5N3O3. The van der Waals surface area contributed by atoms with E-state index >= 15 is 0 Å². The van der Waals surface area contributed by atoms with Gasteiger partial charge in [-0.25, -0.2) is 23.0 Å². The molecule has 1 amide bonds. The van der Waals surface area contributed by atoms with Crippen LogP contribution in [0.1, 0.15) is 12.0 Å². The van der Waals surface area contributed by atoms with E-state index in [0.717, 1.165) is 17.3 Å². The number of anilines is 1. The zero-order chi connectivity index (χ0) is 24.7. The fourth-order valence-electron chi connectivity index (χ4n) is 3.92. The van der Waals surface area contributed by atoms with Gasteiger partial charge in [0.2, 0.25) is 34.8 Å². The van der Waals surface area contributed by atoms with Crippen molar-refractivity contribution in [2.45, 2.75) is 19.1 Å². The number of aliphatic imine (C=N–C) groups is 1. The van der Waals surface area contributed by atoms with E-state index in [4.69, 9.17) is 9.47 Å². The smallest absolute Gasteiger partial charge is 0.412 e. The maximum atomic E-state index is 13.9. The van der Waals surface area contributed by atoms with E-state index < -0.39 is 47.0 Å². The molecule has 11 heteroatoms. The Morgan fingerprint density at radius 1 is 0.943 bits per heavy atom. The summed E-state index contributed by atoms with van der Waals surface area (Å²) in [5, 5.41) is 2.46. The van der Waals surface area contributed by atoms with Crippen molar-refractivity contribution in [3.05, 3.63) is 83.2 Å². The van der Waals surface area contributed by atoms with Crippen LogP contribution in [0.5, 0.6) is 11.5 Å². The molecule has 0 spiro atoms. The van der Waals surface area contributed by atoms with Crippen LogP contribution in [-0.2, 0) is 11.3 Å². The molecule has 0 aliphatic carbocycles. The number of ether oxygens (including phenoxy) is 2. The zero-order valence-corrected chi connectivity index (χ0v) is 17.8. The van der Waals surface area contributed by atoms with E-state index in [9.17, 15) is 26.7 Å². The number of rotatable bonds is 4. The Hall–Kier alpha value is -4.15. The lowest BCUT2D eigenvalue weighted by molar-refractivity contribution is 0.143. The maximum Gasteiger partial charge on any atom is 0.412 e. The van der Waals surface area contributed by atoms with Crippen molar-refractivity contribution < 1.29 is 36.2 Å². The molecule has 0 aromatic heterocycles. The first kappa shape index (κ1) is 22.6. The first-order valence-electron chi connectivity index (χ1n) is 10.5. The summed E-state index contributed by atoms with van der Waals surface area (Å²) >= 11 is 0. The number of nitrogens with zero attached hydrogens (tertiary/aromatic N) is 2. The van der Waals surface area contributed by atoms with E-state index in [1.165, 1.54) is 18.2 Å². The van der Waals surface area contributed by atoms with E-state index in [-0.39, 0.29) is 11.4 Å². The second-order valence-corrected chi connectivity index (χ2v) is 7.86. The van der Waals surface area contributed by atoms with Crippen LogP contribution in [0.15, 0.2) is 53.5 Å². The lowest BCUT2D eigenvalue weighted by Crippen LogP contribution is -2.34. The van der Waals surface area contributed by atoms with Crippen molar-refractivity contribution in [1.29, 1.82) is 0 Å². The van der Waals surface area contributed by atoms with Gasteiger partial charge in [-0.05, 0) is 23.8 Å². The van der Waals surface area contributed by atoms with Gasteiger partial charge >= 0.3 is 6.09 Å². The average molecular weight is 489 g/mol. The molecule has 1 fully saturated rings. The average Bonchev–Trinajstić information content (AvgIpc) is 3.24. The van der Waals surface area contributed by atoms with E-state index in [1.54, 1.807) is 0 Å². The molecule has 1 N–H and O–H groups in total. The quantitative estimate of drug-likeness (QED) is 0.276. The molecule has 2 heterocycles. The minimum absolute atomic E-state index is 0.113. The molecule has 1 atom stereocenters. The van der Waals surface area contributed by atoms with Gasteiger partial charge in [0.05, 0.1) is 5.69 Å². The van der Waals surface area contributed by atoms with Crippen LogP contribution >= 0.6 is 0 Å². The van der Waals surface area contributed by atoms with Crippen molar-refractivity contribution in [1.82, 2.24) is 4.90 Å². The summed E-state index contributed by atoms with van der Waals surface area (Å²) in [7, 11) is 0. The van der Waals surface area contributed by atoms with Crippen molar-refractivity contribution in [2.24, 2.45) is 4.99 Å². The van der Waals surface area contributed by atoms with Crippen LogP contribution in [0, 0.1) is 29.1 Å². The number of amidine groups is 1. The number of benzene rings is 3. The highest BCUT2D eigenvalue weighted by molar-refractivity contribution is 5.95. The summed E-state index contributed by atoms with van der Waals surface area (Å²) in [6.45, 7) is 1.32. The summed E-state index contributed by atoms with van der Waals surface area (Å²) in [4.78, 5) is 19.1. The molecule has 6 nitrogen and oxygen atoms in total. The molecular weight excluding hydrogens is 473 g/mol. The minimum Gasteiger partial charge on any atom is -0.451 e. The topological polar surface area (TPSA) is 63.2 Å². The molecule has 35 heavy (non-hydrogen) atoms. The van der Waals surface area contributed by atoms with Gasteiger partial charge in [-0.15, -0.1) is 0 Å². The van der Waals surface area contributed by atoms with Crippen LogP contribution in [-0.4, -0.2) is 29.5 Å². The number of halogens is 5. The Balaban J connectivity index is 1.29. The molecule has 0 saturated carbocycles. The predicted octanol–water partition coefficient (Wildman–Crippen LogP) is 6.04. The highest BCUT2D eigenvalue weighted by Crippen LogP contribution is 2.34. The van der Waals surface area contributed by atoms with E-state index in [1.807, 2.05) is 29.2 Å². The van der Waals surface area contributed by atoms with E-state index in [2.05, 4.69) is 10.3 Å². The summed E-state index contributed by atoms with van der Waals surface area (Å²) in [6, 6.07) is 12.8. The van der Waals surface area contributed by atoms with E-state index in [0.29, 0.717) is 25.3 Å². The van der Waals surface area contributed by atoms with Crippen LogP contribution < -0.4 is 10.1 Å². The number of carbonyl (C=O) groups excluding carboxylic acids is 1. The van der Waals surface area contributed by atoms with Gasteiger partial charge in [-0.1, -0.05) is 24.3 Å². The van der Waals surface area contributed by atoms with Gasteiger partial charge in [0.1, 0.15) is 11.6 Å². The normalized spacial score (nSPS) is 16.3. The Kier molecular flexibility index (Phi) is 5.75.